The van der Waals surface area contributed by atoms with E-state index >= 15 is 0 Å². The van der Waals surface area contributed by atoms with E-state index in [-0.39, 0.29) is 5.92 Å². The minimum atomic E-state index is 0.110. The second kappa shape index (κ2) is 21.2. The van der Waals surface area contributed by atoms with Gasteiger partial charge in [0.15, 0.2) is 0 Å². The van der Waals surface area contributed by atoms with Gasteiger partial charge in [0, 0.05) is 42.3 Å². The number of nitrogens with zero attached hydrogens (tertiary/aromatic N) is 1. The third-order valence-electron chi connectivity index (χ3n) is 6.36. The van der Waals surface area contributed by atoms with Crippen LogP contribution in [0.2, 0.25) is 0 Å². The fourth-order valence-corrected chi connectivity index (χ4v) is 5.72. The van der Waals surface area contributed by atoms with E-state index in [1.807, 2.05) is 41.5 Å². The lowest BCUT2D eigenvalue weighted by Crippen LogP contribution is -2.23. The highest BCUT2D eigenvalue weighted by Gasteiger charge is 2.28. The molecule has 0 saturated heterocycles. The molecule has 2 aliphatic carbocycles. The molecule has 3 rings (SSSR count). The molecule has 37 heavy (non-hydrogen) atoms. The topological polar surface area (TPSA) is 38.4 Å². The predicted molar refractivity (Wildman–Crippen MR) is 172 cm³/mol. The van der Waals surface area contributed by atoms with Crippen molar-refractivity contribution in [2.45, 2.75) is 105 Å². The summed E-state index contributed by atoms with van der Waals surface area (Å²) in [6, 6.07) is 0.290. The molecule has 0 bridgehead atoms. The smallest absolute Gasteiger partial charge is 0.0487 e. The largest absolute Gasteiger partial charge is 0.328 e. The molecule has 0 aromatic heterocycles. The fraction of sp³-hybridized carbons (Fsp3) is 0.588. The van der Waals surface area contributed by atoms with Crippen molar-refractivity contribution in [3.63, 3.8) is 0 Å². The number of allylic oxidation sites excluding steroid dienone is 10. The molecule has 1 radical (unpaired) electrons. The second-order valence-electron chi connectivity index (χ2n) is 9.61. The molecule has 0 aromatic rings. The first kappa shape index (κ1) is 35.2. The van der Waals surface area contributed by atoms with E-state index in [4.69, 9.17) is 12.2 Å². The minimum Gasteiger partial charge on any atom is -0.328 e. The number of terminal acetylenes is 1. The third-order valence-corrected chi connectivity index (χ3v) is 8.06. The van der Waals surface area contributed by atoms with Crippen LogP contribution in [0.3, 0.4) is 0 Å². The average Bonchev–Trinajstić information content (AvgIpc) is 3.26. The van der Waals surface area contributed by atoms with Crippen LogP contribution in [-0.2, 0) is 0 Å². The maximum Gasteiger partial charge on any atom is 0.0487 e. The molecule has 5 unspecified atom stereocenters. The van der Waals surface area contributed by atoms with Crippen LogP contribution in [0.25, 0.3) is 0 Å². The highest BCUT2D eigenvalue weighted by molar-refractivity contribution is 8.03. The standard InChI is InChI=1S/C26H34NS.C4H9N.2C2H6/c1-4-22(23-9-7-5-6-8-10-23)18-21-11-13-24(14-12-21)26-16-15-25(28-26)19(2)17-20(3)27;1-4(2)5-3;2*1-2/h1,5,7,10-13,16,18-20,22,24-25H,6,8-9,14-15,17,27H2,2-3H3;1-3H3;2*1-2H3. The van der Waals surface area contributed by atoms with Gasteiger partial charge in [-0.3, -0.25) is 4.99 Å². The van der Waals surface area contributed by atoms with E-state index in [1.165, 1.54) is 22.5 Å². The van der Waals surface area contributed by atoms with E-state index in [0.717, 1.165) is 37.8 Å². The molecular formula is C34H55N2S. The second-order valence-corrected chi connectivity index (χ2v) is 10.9. The molecule has 1 heterocycles. The Morgan fingerprint density at radius 1 is 1.11 bits per heavy atom. The van der Waals surface area contributed by atoms with Gasteiger partial charge in [-0.25, -0.2) is 0 Å². The van der Waals surface area contributed by atoms with Gasteiger partial charge in [0.05, 0.1) is 0 Å². The summed E-state index contributed by atoms with van der Waals surface area (Å²) < 4.78 is 0. The first-order valence-corrected chi connectivity index (χ1v) is 15.3. The molecule has 5 atom stereocenters. The van der Waals surface area contributed by atoms with Gasteiger partial charge in [0.1, 0.15) is 0 Å². The number of hydrogen-bond donors (Lipinski definition) is 1. The van der Waals surface area contributed by atoms with Gasteiger partial charge in [-0.05, 0) is 75.7 Å². The van der Waals surface area contributed by atoms with Crippen molar-refractivity contribution in [1.82, 2.24) is 0 Å². The van der Waals surface area contributed by atoms with Gasteiger partial charge in [0.25, 0.3) is 0 Å². The average molecular weight is 524 g/mol. The van der Waals surface area contributed by atoms with Gasteiger partial charge < -0.3 is 5.73 Å². The van der Waals surface area contributed by atoms with Crippen molar-refractivity contribution >= 4 is 17.5 Å². The Morgan fingerprint density at radius 2 is 1.78 bits per heavy atom. The minimum absolute atomic E-state index is 0.110. The monoisotopic (exact) mass is 523 g/mol. The van der Waals surface area contributed by atoms with Crippen LogP contribution in [0.1, 0.15) is 93.9 Å². The molecule has 2 N–H and O–H groups in total. The normalized spacial score (nSPS) is 22.4. The van der Waals surface area contributed by atoms with Gasteiger partial charge >= 0.3 is 0 Å². The zero-order chi connectivity index (χ0) is 28.2. The summed E-state index contributed by atoms with van der Waals surface area (Å²) in [5.74, 6) is 4.30. The predicted octanol–water partition coefficient (Wildman–Crippen LogP) is 9.52. The van der Waals surface area contributed by atoms with Crippen molar-refractivity contribution < 1.29 is 0 Å². The van der Waals surface area contributed by atoms with E-state index in [0.29, 0.717) is 23.1 Å². The molecule has 3 aliphatic rings. The van der Waals surface area contributed by atoms with Gasteiger partial charge in [0.2, 0.25) is 0 Å². The quantitative estimate of drug-likeness (QED) is 0.205. The van der Waals surface area contributed by atoms with Crippen molar-refractivity contribution in [1.29, 1.82) is 0 Å². The summed E-state index contributed by atoms with van der Waals surface area (Å²) in [6.07, 6.45) is 31.0. The molecule has 0 aromatic carbocycles. The number of thioether (sulfide) groups is 1. The maximum atomic E-state index is 6.00. The lowest BCUT2D eigenvalue weighted by Gasteiger charge is -2.23. The summed E-state index contributed by atoms with van der Waals surface area (Å²) in [5.41, 5.74) is 9.77. The zero-order valence-electron chi connectivity index (χ0n) is 25.3. The zero-order valence-corrected chi connectivity index (χ0v) is 26.1. The molecule has 1 aliphatic heterocycles. The maximum absolute atomic E-state index is 6.00. The van der Waals surface area contributed by atoms with Crippen molar-refractivity contribution in [3.05, 3.63) is 65.0 Å². The molecule has 3 heteroatoms. The Balaban J connectivity index is 0.00000127. The van der Waals surface area contributed by atoms with E-state index in [9.17, 15) is 0 Å². The summed E-state index contributed by atoms with van der Waals surface area (Å²) >= 11 is 2.08. The number of hydrogen-bond acceptors (Lipinski definition) is 3. The van der Waals surface area contributed by atoms with Crippen LogP contribution >= 0.6 is 11.8 Å². The van der Waals surface area contributed by atoms with Crippen LogP contribution in [0.4, 0.5) is 0 Å². The number of rotatable bonds is 7. The number of aliphatic imine (C=N–C) groups is 1. The highest BCUT2D eigenvalue weighted by atomic mass is 32.2. The Bertz CT molecular complexity index is 844. The Hall–Kier alpha value is -1.76. The van der Waals surface area contributed by atoms with Gasteiger partial charge in [-0.15, -0.1) is 18.2 Å². The van der Waals surface area contributed by atoms with Crippen LogP contribution in [-0.4, -0.2) is 24.1 Å². The van der Waals surface area contributed by atoms with E-state index in [2.05, 4.69) is 85.5 Å². The van der Waals surface area contributed by atoms with Crippen LogP contribution in [0.15, 0.2) is 63.6 Å². The fourth-order valence-electron chi connectivity index (χ4n) is 4.29. The number of nitrogens with two attached hydrogens (primary N) is 1. The van der Waals surface area contributed by atoms with Crippen molar-refractivity contribution in [3.8, 4) is 12.3 Å². The highest BCUT2D eigenvalue weighted by Crippen LogP contribution is 2.44. The van der Waals surface area contributed by atoms with E-state index < -0.39 is 0 Å². The van der Waals surface area contributed by atoms with Crippen LogP contribution in [0.5, 0.6) is 0 Å². The Labute approximate surface area is 235 Å². The lowest BCUT2D eigenvalue weighted by molar-refractivity contribution is 0.468. The molecule has 0 spiro atoms. The van der Waals surface area contributed by atoms with Gasteiger partial charge in [-0.1, -0.05) is 88.6 Å². The molecule has 207 valence electrons. The molecule has 0 saturated carbocycles. The summed E-state index contributed by atoms with van der Waals surface area (Å²) in [6.45, 7) is 16.4. The van der Waals surface area contributed by atoms with Crippen molar-refractivity contribution in [2.24, 2.45) is 28.5 Å². The molecule has 0 amide bonds. The van der Waals surface area contributed by atoms with Crippen LogP contribution < -0.4 is 5.73 Å². The lowest BCUT2D eigenvalue weighted by atomic mass is 9.86. The Kier molecular flexibility index (Phi) is 20.2. The Morgan fingerprint density at radius 3 is 2.32 bits per heavy atom. The molecule has 2 nitrogen and oxygen atoms in total. The first-order valence-electron chi connectivity index (χ1n) is 14.4. The summed E-state index contributed by atoms with van der Waals surface area (Å²) in [7, 11) is 1.79. The molecular weight excluding hydrogens is 468 g/mol. The van der Waals surface area contributed by atoms with Gasteiger partial charge in [-0.2, -0.15) is 0 Å². The van der Waals surface area contributed by atoms with Crippen LogP contribution in [0, 0.1) is 36.5 Å². The first-order chi connectivity index (χ1) is 17.8. The summed E-state index contributed by atoms with van der Waals surface area (Å²) in [5, 5.41) is 0.687. The molecule has 0 fully saturated rings. The van der Waals surface area contributed by atoms with Crippen molar-refractivity contribution in [2.75, 3.05) is 7.05 Å². The summed E-state index contributed by atoms with van der Waals surface area (Å²) in [4.78, 5) is 5.35. The SMILES string of the molecule is C#CC([CH]C1=CCC(C2=CCC(C(C)CC(C)N)S2)C=C1)C1=CCCC=CC1.CC.CC.CN=C(C)C. The third kappa shape index (κ3) is 14.1. The van der Waals surface area contributed by atoms with E-state index in [1.54, 1.807) is 7.05 Å².